The second kappa shape index (κ2) is 5.26. The number of carbonyl (C=O) groups excluding carboxylic acids is 1. The highest BCUT2D eigenvalue weighted by Gasteiger charge is 2.34. The van der Waals surface area contributed by atoms with E-state index in [1.54, 1.807) is 0 Å². The summed E-state index contributed by atoms with van der Waals surface area (Å²) in [6, 6.07) is 9.45. The third kappa shape index (κ3) is 2.42. The van der Waals surface area contributed by atoms with Crippen LogP contribution in [0.2, 0.25) is 5.02 Å². The Morgan fingerprint density at radius 3 is 2.64 bits per heavy atom. The lowest BCUT2D eigenvalue weighted by Gasteiger charge is -2.30. The first-order valence-corrected chi connectivity index (χ1v) is 8.08. The lowest BCUT2D eigenvalue weighted by atomic mass is 10.2. The summed E-state index contributed by atoms with van der Waals surface area (Å²) in [4.78, 5) is 11.2. The predicted octanol–water partition coefficient (Wildman–Crippen LogP) is 2.63. The number of hydrogen-bond acceptors (Lipinski definition) is 3. The number of hydrogen-bond donors (Lipinski definition) is 1. The highest BCUT2D eigenvalue weighted by atomic mass is 35.5. The van der Waals surface area contributed by atoms with E-state index in [0.717, 1.165) is 16.4 Å². The fraction of sp³-hybridized carbons (Fsp3) is 0.0714. The molecule has 0 radical (unpaired) electrons. The summed E-state index contributed by atoms with van der Waals surface area (Å²) in [5.41, 5.74) is 0.510. The van der Waals surface area contributed by atoms with Crippen molar-refractivity contribution < 1.29 is 17.6 Å². The van der Waals surface area contributed by atoms with Gasteiger partial charge < -0.3 is 5.32 Å². The molecule has 2 aromatic carbocycles. The second-order valence-electron chi connectivity index (χ2n) is 4.65. The summed E-state index contributed by atoms with van der Waals surface area (Å²) >= 11 is 5.90. The smallest absolute Gasteiger partial charge is 0.267 e. The molecule has 5 nitrogen and oxygen atoms in total. The zero-order valence-corrected chi connectivity index (χ0v) is 12.7. The summed E-state index contributed by atoms with van der Waals surface area (Å²) in [7, 11) is -4.22. The van der Waals surface area contributed by atoms with E-state index in [9.17, 15) is 17.6 Å². The van der Waals surface area contributed by atoms with Gasteiger partial charge in [-0.3, -0.25) is 9.10 Å². The molecule has 1 amide bonds. The van der Waals surface area contributed by atoms with E-state index in [1.807, 2.05) is 0 Å². The predicted molar refractivity (Wildman–Crippen MR) is 81.0 cm³/mol. The molecule has 2 aromatic rings. The first kappa shape index (κ1) is 14.8. The van der Waals surface area contributed by atoms with Crippen molar-refractivity contribution in [2.75, 3.05) is 16.2 Å². The van der Waals surface area contributed by atoms with Gasteiger partial charge in [-0.25, -0.2) is 12.8 Å². The molecule has 0 unspecified atom stereocenters. The maximum atomic E-state index is 13.9. The minimum atomic E-state index is -4.22. The van der Waals surface area contributed by atoms with Crippen molar-refractivity contribution >= 4 is 38.9 Å². The fourth-order valence-electron chi connectivity index (χ4n) is 2.21. The van der Waals surface area contributed by atoms with E-state index in [-0.39, 0.29) is 5.69 Å². The Morgan fingerprint density at radius 1 is 1.18 bits per heavy atom. The molecule has 0 saturated carbocycles. The highest BCUT2D eigenvalue weighted by molar-refractivity contribution is 7.93. The van der Waals surface area contributed by atoms with Crippen LogP contribution < -0.4 is 9.62 Å². The number of amides is 1. The summed E-state index contributed by atoms with van der Waals surface area (Å²) in [6.45, 7) is -0.440. The molecular formula is C14H10ClFN2O3S. The molecule has 1 N–H and O–H groups in total. The summed E-state index contributed by atoms with van der Waals surface area (Å²) in [6.07, 6.45) is 0. The topological polar surface area (TPSA) is 66.5 Å². The highest BCUT2D eigenvalue weighted by Crippen LogP contribution is 2.36. The number of carbonyl (C=O) groups is 1. The van der Waals surface area contributed by atoms with Crippen LogP contribution in [0.3, 0.4) is 0 Å². The third-order valence-electron chi connectivity index (χ3n) is 3.19. The van der Waals surface area contributed by atoms with Crippen LogP contribution in [0, 0.1) is 5.82 Å². The molecule has 0 bridgehead atoms. The minimum absolute atomic E-state index is 0.204. The van der Waals surface area contributed by atoms with Gasteiger partial charge in [-0.1, -0.05) is 23.7 Å². The van der Waals surface area contributed by atoms with Gasteiger partial charge in [0.05, 0.1) is 11.4 Å². The molecule has 114 valence electrons. The van der Waals surface area contributed by atoms with Gasteiger partial charge in [0.25, 0.3) is 10.0 Å². The largest absolute Gasteiger partial charge is 0.323 e. The normalized spacial score (nSPS) is 14.5. The molecule has 0 aliphatic carbocycles. The van der Waals surface area contributed by atoms with E-state index in [1.165, 1.54) is 30.3 Å². The van der Waals surface area contributed by atoms with Gasteiger partial charge in [0, 0.05) is 5.02 Å². The minimum Gasteiger partial charge on any atom is -0.323 e. The van der Waals surface area contributed by atoms with E-state index < -0.39 is 33.2 Å². The monoisotopic (exact) mass is 340 g/mol. The molecule has 22 heavy (non-hydrogen) atoms. The van der Waals surface area contributed by atoms with Gasteiger partial charge in [-0.2, -0.15) is 0 Å². The van der Waals surface area contributed by atoms with Crippen LogP contribution in [-0.2, 0) is 14.8 Å². The molecule has 1 heterocycles. The Morgan fingerprint density at radius 2 is 1.91 bits per heavy atom. The number of anilines is 2. The Hall–Kier alpha value is -2.12. The molecule has 0 spiro atoms. The first-order valence-electron chi connectivity index (χ1n) is 6.26. The molecule has 1 aliphatic heterocycles. The number of rotatable bonds is 2. The molecule has 0 aromatic heterocycles. The van der Waals surface area contributed by atoms with Crippen molar-refractivity contribution in [3.8, 4) is 0 Å². The van der Waals surface area contributed by atoms with Gasteiger partial charge in [0.15, 0.2) is 0 Å². The van der Waals surface area contributed by atoms with Crippen LogP contribution in [0.15, 0.2) is 47.4 Å². The van der Waals surface area contributed by atoms with E-state index in [4.69, 9.17) is 11.6 Å². The van der Waals surface area contributed by atoms with Gasteiger partial charge >= 0.3 is 0 Å². The van der Waals surface area contributed by atoms with Gasteiger partial charge in [0.1, 0.15) is 17.3 Å². The van der Waals surface area contributed by atoms with Gasteiger partial charge in [0.2, 0.25) is 5.91 Å². The van der Waals surface area contributed by atoms with E-state index >= 15 is 0 Å². The quantitative estimate of drug-likeness (QED) is 0.914. The lowest BCUT2D eigenvalue weighted by Crippen LogP contribution is -2.42. The lowest BCUT2D eigenvalue weighted by molar-refractivity contribution is -0.115. The number of nitrogens with zero attached hydrogens (tertiary/aromatic N) is 1. The standard InChI is InChI=1S/C14H10ClFN2O3S/c15-9-5-6-11-12(7-9)18(8-14(19)17-11)22(20,21)13-4-2-1-3-10(13)16/h1-7H,8H2,(H,17,19). The van der Waals surface area contributed by atoms with Gasteiger partial charge in [-0.15, -0.1) is 0 Å². The molecule has 0 atom stereocenters. The van der Waals surface area contributed by atoms with Gasteiger partial charge in [-0.05, 0) is 30.3 Å². The summed E-state index contributed by atoms with van der Waals surface area (Å²) < 4.78 is 40.1. The van der Waals surface area contributed by atoms with Crippen molar-refractivity contribution in [2.45, 2.75) is 4.90 Å². The molecule has 0 fully saturated rings. The van der Waals surface area contributed by atoms with Crippen LogP contribution in [0.25, 0.3) is 0 Å². The van der Waals surface area contributed by atoms with Crippen LogP contribution in [0.1, 0.15) is 0 Å². The van der Waals surface area contributed by atoms with E-state index in [2.05, 4.69) is 5.32 Å². The average molecular weight is 341 g/mol. The maximum Gasteiger partial charge on any atom is 0.267 e. The molecular weight excluding hydrogens is 331 g/mol. The Bertz CT molecular complexity index is 870. The van der Waals surface area contributed by atoms with Crippen molar-refractivity contribution in [3.05, 3.63) is 53.3 Å². The van der Waals surface area contributed by atoms with Crippen LogP contribution in [-0.4, -0.2) is 20.9 Å². The maximum absolute atomic E-state index is 13.9. The van der Waals surface area contributed by atoms with Crippen molar-refractivity contribution in [2.24, 2.45) is 0 Å². The molecule has 8 heteroatoms. The first-order chi connectivity index (χ1) is 10.4. The number of halogens is 2. The Kier molecular flexibility index (Phi) is 3.54. The zero-order valence-electron chi connectivity index (χ0n) is 11.1. The zero-order chi connectivity index (χ0) is 15.9. The number of benzene rings is 2. The molecule has 0 saturated heterocycles. The van der Waals surface area contributed by atoms with E-state index in [0.29, 0.717) is 10.7 Å². The Balaban J connectivity index is 2.18. The molecule has 1 aliphatic rings. The van der Waals surface area contributed by atoms with Crippen molar-refractivity contribution in [3.63, 3.8) is 0 Å². The number of fused-ring (bicyclic) bond motifs is 1. The second-order valence-corrected chi connectivity index (χ2v) is 6.92. The van der Waals surface area contributed by atoms with Crippen molar-refractivity contribution in [1.82, 2.24) is 0 Å². The number of nitrogens with one attached hydrogen (secondary N) is 1. The summed E-state index contributed by atoms with van der Waals surface area (Å²) in [5, 5.41) is 2.87. The SMILES string of the molecule is O=C1CN(S(=O)(=O)c2ccccc2F)c2cc(Cl)ccc2N1. The average Bonchev–Trinajstić information content (AvgIpc) is 2.47. The fourth-order valence-corrected chi connectivity index (χ4v) is 3.88. The van der Waals surface area contributed by atoms with Crippen LogP contribution in [0.4, 0.5) is 15.8 Å². The third-order valence-corrected chi connectivity index (χ3v) is 5.22. The van der Waals surface area contributed by atoms with Crippen LogP contribution in [0.5, 0.6) is 0 Å². The summed E-state index contributed by atoms with van der Waals surface area (Å²) in [5.74, 6) is -1.38. The van der Waals surface area contributed by atoms with Crippen molar-refractivity contribution in [1.29, 1.82) is 0 Å². The van der Waals surface area contributed by atoms with Crippen LogP contribution >= 0.6 is 11.6 Å². The molecule has 3 rings (SSSR count). The Labute approximate surface area is 131 Å². The number of sulfonamides is 1.